The number of carboxylic acid groups (broad SMARTS) is 1. The number of anilines is 1. The molecule has 2 aromatic carbocycles. The molecule has 3 rings (SSSR count). The van der Waals surface area contributed by atoms with Crippen molar-refractivity contribution >= 4 is 23.5 Å². The molecule has 5 nitrogen and oxygen atoms in total. The first-order chi connectivity index (χ1) is 12.5. The van der Waals surface area contributed by atoms with Gasteiger partial charge in [-0.05, 0) is 17.2 Å². The molecular weight excluding hydrogens is 346 g/mol. The number of carbonyl (C=O) groups excluding carboxylic acids is 1. The summed E-state index contributed by atoms with van der Waals surface area (Å²) in [7, 11) is 3.88. The molecule has 0 fully saturated rings. The zero-order valence-corrected chi connectivity index (χ0v) is 15.4. The average Bonchev–Trinajstić information content (AvgIpc) is 2.67. The van der Waals surface area contributed by atoms with Crippen molar-refractivity contribution in [1.82, 2.24) is 9.97 Å². The van der Waals surface area contributed by atoms with Crippen LogP contribution in [0.2, 0.25) is 0 Å². The SMILES string of the molecule is CN(C)c1cc(-c2ccccc2)nc(SCc2cccc(C(=O)[O-])c2)n1. The van der Waals surface area contributed by atoms with Crippen LogP contribution in [-0.2, 0) is 5.75 Å². The van der Waals surface area contributed by atoms with E-state index in [0.29, 0.717) is 10.9 Å². The quantitative estimate of drug-likeness (QED) is 0.495. The first-order valence-corrected chi connectivity index (χ1v) is 9.06. The van der Waals surface area contributed by atoms with Crippen LogP contribution in [0.3, 0.4) is 0 Å². The topological polar surface area (TPSA) is 69.2 Å². The van der Waals surface area contributed by atoms with E-state index in [4.69, 9.17) is 0 Å². The predicted molar refractivity (Wildman–Crippen MR) is 102 cm³/mol. The number of hydrogen-bond acceptors (Lipinski definition) is 6. The summed E-state index contributed by atoms with van der Waals surface area (Å²) in [6, 6.07) is 18.7. The summed E-state index contributed by atoms with van der Waals surface area (Å²) in [6.07, 6.45) is 0. The summed E-state index contributed by atoms with van der Waals surface area (Å²) in [5, 5.41) is 11.6. The lowest BCUT2D eigenvalue weighted by molar-refractivity contribution is -0.255. The van der Waals surface area contributed by atoms with Gasteiger partial charge < -0.3 is 14.8 Å². The van der Waals surface area contributed by atoms with Crippen molar-refractivity contribution in [2.45, 2.75) is 10.9 Å². The lowest BCUT2D eigenvalue weighted by atomic mass is 10.1. The first-order valence-electron chi connectivity index (χ1n) is 8.08. The lowest BCUT2D eigenvalue weighted by Gasteiger charge is -2.14. The van der Waals surface area contributed by atoms with E-state index in [-0.39, 0.29) is 5.56 Å². The molecule has 0 aliphatic rings. The molecule has 0 amide bonds. The van der Waals surface area contributed by atoms with E-state index in [0.717, 1.165) is 22.6 Å². The molecule has 0 saturated carbocycles. The third-order valence-electron chi connectivity index (χ3n) is 3.75. The Morgan fingerprint density at radius 1 is 1.04 bits per heavy atom. The van der Waals surface area contributed by atoms with Crippen molar-refractivity contribution < 1.29 is 9.90 Å². The van der Waals surface area contributed by atoms with E-state index in [1.165, 1.54) is 17.8 Å². The van der Waals surface area contributed by atoms with Crippen LogP contribution in [0.25, 0.3) is 11.3 Å². The summed E-state index contributed by atoms with van der Waals surface area (Å²) >= 11 is 1.47. The van der Waals surface area contributed by atoms with Gasteiger partial charge in [0.15, 0.2) is 5.16 Å². The predicted octanol–water partition coefficient (Wildman–Crippen LogP) is 2.87. The molecule has 6 heteroatoms. The fraction of sp³-hybridized carbons (Fsp3) is 0.150. The van der Waals surface area contributed by atoms with Gasteiger partial charge in [-0.25, -0.2) is 9.97 Å². The Labute approximate surface area is 156 Å². The number of hydrogen-bond donors (Lipinski definition) is 0. The van der Waals surface area contributed by atoms with Gasteiger partial charge in [-0.15, -0.1) is 0 Å². The molecule has 1 aromatic heterocycles. The van der Waals surface area contributed by atoms with Crippen LogP contribution in [-0.4, -0.2) is 30.0 Å². The highest BCUT2D eigenvalue weighted by molar-refractivity contribution is 7.98. The Kier molecular flexibility index (Phi) is 5.53. The number of thioether (sulfide) groups is 1. The van der Waals surface area contributed by atoms with Crippen molar-refractivity contribution in [3.63, 3.8) is 0 Å². The van der Waals surface area contributed by atoms with E-state index < -0.39 is 5.97 Å². The van der Waals surface area contributed by atoms with E-state index in [9.17, 15) is 9.90 Å². The number of rotatable bonds is 6. The molecule has 132 valence electrons. The molecule has 0 radical (unpaired) electrons. The van der Waals surface area contributed by atoms with Gasteiger partial charge in [-0.2, -0.15) is 0 Å². The van der Waals surface area contributed by atoms with Crippen molar-refractivity contribution in [2.75, 3.05) is 19.0 Å². The minimum atomic E-state index is -1.17. The largest absolute Gasteiger partial charge is 0.545 e. The lowest BCUT2D eigenvalue weighted by Crippen LogP contribution is -2.22. The zero-order chi connectivity index (χ0) is 18.5. The summed E-state index contributed by atoms with van der Waals surface area (Å²) in [4.78, 5) is 22.2. The van der Waals surface area contributed by atoms with Crippen molar-refractivity contribution in [1.29, 1.82) is 0 Å². The molecule has 3 aromatic rings. The Bertz CT molecular complexity index is 914. The Balaban J connectivity index is 1.86. The van der Waals surface area contributed by atoms with Gasteiger partial charge >= 0.3 is 0 Å². The van der Waals surface area contributed by atoms with Crippen LogP contribution >= 0.6 is 11.8 Å². The fourth-order valence-electron chi connectivity index (χ4n) is 2.40. The van der Waals surface area contributed by atoms with E-state index in [2.05, 4.69) is 9.97 Å². The number of benzene rings is 2. The molecule has 0 aliphatic carbocycles. The molecule has 1 heterocycles. The van der Waals surface area contributed by atoms with E-state index >= 15 is 0 Å². The fourth-order valence-corrected chi connectivity index (χ4v) is 3.20. The summed E-state index contributed by atoms with van der Waals surface area (Å²) in [5.41, 5.74) is 2.95. The molecule has 0 aliphatic heterocycles. The minimum Gasteiger partial charge on any atom is -0.545 e. The van der Waals surface area contributed by atoms with Crippen LogP contribution < -0.4 is 10.0 Å². The Morgan fingerprint density at radius 2 is 1.81 bits per heavy atom. The van der Waals surface area contributed by atoms with Crippen molar-refractivity contribution in [2.24, 2.45) is 0 Å². The second-order valence-corrected chi connectivity index (χ2v) is 6.87. The molecule has 0 N–H and O–H groups in total. The maximum atomic E-state index is 11.0. The number of aromatic carboxylic acids is 1. The van der Waals surface area contributed by atoms with Crippen LogP contribution in [0.15, 0.2) is 65.8 Å². The molecule has 0 atom stereocenters. The first kappa shape index (κ1) is 17.9. The highest BCUT2D eigenvalue weighted by atomic mass is 32.2. The maximum Gasteiger partial charge on any atom is 0.190 e. The normalized spacial score (nSPS) is 10.5. The third-order valence-corrected chi connectivity index (χ3v) is 4.67. The molecule has 0 unspecified atom stereocenters. The monoisotopic (exact) mass is 364 g/mol. The second-order valence-electron chi connectivity index (χ2n) is 5.93. The summed E-state index contributed by atoms with van der Waals surface area (Å²) in [5.74, 6) is 0.227. The van der Waals surface area contributed by atoms with Crippen LogP contribution in [0.5, 0.6) is 0 Å². The standard InChI is InChI=1S/C20H19N3O2S/c1-23(2)18-12-17(15-8-4-3-5-9-15)21-20(22-18)26-13-14-7-6-10-16(11-14)19(24)25/h3-12H,13H2,1-2H3,(H,24,25)/p-1. The van der Waals surface area contributed by atoms with Gasteiger partial charge in [0.1, 0.15) is 5.82 Å². The van der Waals surface area contributed by atoms with Gasteiger partial charge in [-0.3, -0.25) is 0 Å². The molecule has 26 heavy (non-hydrogen) atoms. The highest BCUT2D eigenvalue weighted by Gasteiger charge is 2.09. The Hall–Kier alpha value is -2.86. The molecule has 0 bridgehead atoms. The number of nitrogens with zero attached hydrogens (tertiary/aromatic N) is 3. The minimum absolute atomic E-state index is 0.177. The zero-order valence-electron chi connectivity index (χ0n) is 14.5. The molecular formula is C20H18N3O2S-. The van der Waals surface area contributed by atoms with Crippen LogP contribution in [0.4, 0.5) is 5.82 Å². The third kappa shape index (κ3) is 4.40. The van der Waals surface area contributed by atoms with Gasteiger partial charge in [0.2, 0.25) is 0 Å². The van der Waals surface area contributed by atoms with Gasteiger partial charge in [0, 0.05) is 31.5 Å². The summed E-state index contributed by atoms with van der Waals surface area (Å²) in [6.45, 7) is 0. The van der Waals surface area contributed by atoms with Crippen molar-refractivity contribution in [3.05, 3.63) is 71.8 Å². The second kappa shape index (κ2) is 8.01. The number of carbonyl (C=O) groups is 1. The highest BCUT2D eigenvalue weighted by Crippen LogP contribution is 2.26. The van der Waals surface area contributed by atoms with Crippen molar-refractivity contribution in [3.8, 4) is 11.3 Å². The Morgan fingerprint density at radius 3 is 2.50 bits per heavy atom. The number of carboxylic acids is 1. The van der Waals surface area contributed by atoms with Gasteiger partial charge in [0.05, 0.1) is 11.7 Å². The van der Waals surface area contributed by atoms with Crippen LogP contribution in [0.1, 0.15) is 15.9 Å². The van der Waals surface area contributed by atoms with Crippen LogP contribution in [0, 0.1) is 0 Å². The van der Waals surface area contributed by atoms with E-state index in [1.807, 2.05) is 61.5 Å². The summed E-state index contributed by atoms with van der Waals surface area (Å²) < 4.78 is 0. The van der Waals surface area contributed by atoms with Gasteiger partial charge in [0.25, 0.3) is 0 Å². The molecule has 0 saturated heterocycles. The van der Waals surface area contributed by atoms with E-state index in [1.54, 1.807) is 12.1 Å². The van der Waals surface area contributed by atoms with Gasteiger partial charge in [-0.1, -0.05) is 60.3 Å². The average molecular weight is 364 g/mol. The maximum absolute atomic E-state index is 11.0. The smallest absolute Gasteiger partial charge is 0.190 e. The molecule has 0 spiro atoms. The number of aromatic nitrogens is 2.